The highest BCUT2D eigenvalue weighted by Gasteiger charge is 2.15. The van der Waals surface area contributed by atoms with Crippen molar-refractivity contribution in [2.24, 2.45) is 0 Å². The molecule has 0 aliphatic rings. The first-order chi connectivity index (χ1) is 13.4. The van der Waals surface area contributed by atoms with Crippen LogP contribution in [0.3, 0.4) is 0 Å². The molecule has 0 saturated carbocycles. The first-order valence-electron chi connectivity index (χ1n) is 8.80. The summed E-state index contributed by atoms with van der Waals surface area (Å²) in [5.41, 5.74) is 3.17. The van der Waals surface area contributed by atoms with Crippen LogP contribution < -0.4 is 0 Å². The fourth-order valence-corrected chi connectivity index (χ4v) is 4.32. The molecule has 1 atom stereocenters. The molecular formula is C20H22N2O4S2. The number of carbonyl (C=O) groups excluding carboxylic acids is 1. The average Bonchev–Trinajstić information content (AvgIpc) is 3.11. The van der Waals surface area contributed by atoms with Gasteiger partial charge in [-0.1, -0.05) is 32.0 Å². The van der Waals surface area contributed by atoms with E-state index in [1.807, 2.05) is 18.2 Å². The largest absolute Gasteiger partial charge is 0.465 e. The van der Waals surface area contributed by atoms with Crippen LogP contribution in [0.5, 0.6) is 0 Å². The van der Waals surface area contributed by atoms with Crippen molar-refractivity contribution in [1.29, 1.82) is 0 Å². The Hall–Kier alpha value is -2.13. The summed E-state index contributed by atoms with van der Waals surface area (Å²) < 4.78 is 28.8. The molecule has 0 saturated heterocycles. The Morgan fingerprint density at radius 3 is 2.43 bits per heavy atom. The van der Waals surface area contributed by atoms with Crippen molar-refractivity contribution >= 4 is 38.8 Å². The Morgan fingerprint density at radius 2 is 1.82 bits per heavy atom. The quantitative estimate of drug-likeness (QED) is 0.456. The standard InChI is InChI=1S/C20H22N2O4S2/c1-13(2)19-21-17-9-6-15(10-18(17)27-19)12-22(28(24)25)11-14-4-7-16(8-5-14)20(23)26-3/h4-10,13H,11-12H2,1-3H3,(H,24,25). The summed E-state index contributed by atoms with van der Waals surface area (Å²) in [5.74, 6) is -0.0389. The molecule has 1 N–H and O–H groups in total. The van der Waals surface area contributed by atoms with E-state index in [0.717, 1.165) is 26.4 Å². The van der Waals surface area contributed by atoms with Gasteiger partial charge in [0.05, 0.1) is 27.9 Å². The van der Waals surface area contributed by atoms with Crippen LogP contribution >= 0.6 is 11.3 Å². The van der Waals surface area contributed by atoms with E-state index in [-0.39, 0.29) is 6.54 Å². The molecule has 1 unspecified atom stereocenters. The zero-order valence-electron chi connectivity index (χ0n) is 15.9. The highest BCUT2D eigenvalue weighted by atomic mass is 32.2. The molecule has 8 heteroatoms. The maximum atomic E-state index is 11.8. The van der Waals surface area contributed by atoms with E-state index in [1.165, 1.54) is 11.4 Å². The van der Waals surface area contributed by atoms with Crippen molar-refractivity contribution in [3.63, 3.8) is 0 Å². The van der Waals surface area contributed by atoms with Crippen molar-refractivity contribution in [2.45, 2.75) is 32.9 Å². The first kappa shape index (κ1) is 20.6. The lowest BCUT2D eigenvalue weighted by atomic mass is 10.1. The van der Waals surface area contributed by atoms with Gasteiger partial charge in [-0.2, -0.15) is 4.31 Å². The third kappa shape index (κ3) is 4.82. The number of rotatable bonds is 7. The van der Waals surface area contributed by atoms with Gasteiger partial charge in [0.25, 0.3) is 0 Å². The SMILES string of the molecule is COC(=O)c1ccc(CN(Cc2ccc3nc(C(C)C)sc3c2)S(=O)O)cc1. The van der Waals surface area contributed by atoms with Crippen molar-refractivity contribution in [3.05, 3.63) is 64.2 Å². The maximum Gasteiger partial charge on any atom is 0.337 e. The van der Waals surface area contributed by atoms with Crippen LogP contribution in [0.4, 0.5) is 0 Å². The van der Waals surface area contributed by atoms with Crippen LogP contribution in [-0.4, -0.2) is 31.1 Å². The molecule has 0 radical (unpaired) electrons. The van der Waals surface area contributed by atoms with E-state index >= 15 is 0 Å². The van der Waals surface area contributed by atoms with E-state index in [0.29, 0.717) is 18.0 Å². The highest BCUT2D eigenvalue weighted by Crippen LogP contribution is 2.28. The molecule has 1 heterocycles. The van der Waals surface area contributed by atoms with E-state index in [1.54, 1.807) is 35.6 Å². The normalized spacial score (nSPS) is 12.6. The second kappa shape index (κ2) is 8.91. The maximum absolute atomic E-state index is 11.8. The summed E-state index contributed by atoms with van der Waals surface area (Å²) in [4.78, 5) is 16.1. The number of thiazole rings is 1. The first-order valence-corrected chi connectivity index (χ1v) is 10.7. The molecule has 0 aliphatic carbocycles. The van der Waals surface area contributed by atoms with Crippen LogP contribution in [0, 0.1) is 0 Å². The van der Waals surface area contributed by atoms with Gasteiger partial charge in [-0.3, -0.25) is 4.55 Å². The van der Waals surface area contributed by atoms with Crippen LogP contribution in [-0.2, 0) is 29.1 Å². The lowest BCUT2D eigenvalue weighted by molar-refractivity contribution is 0.0600. The molecule has 3 aromatic rings. The van der Waals surface area contributed by atoms with Crippen molar-refractivity contribution in [3.8, 4) is 0 Å². The lowest BCUT2D eigenvalue weighted by Crippen LogP contribution is -2.24. The smallest absolute Gasteiger partial charge is 0.337 e. The second-order valence-electron chi connectivity index (χ2n) is 6.73. The van der Waals surface area contributed by atoms with Gasteiger partial charge in [-0.15, -0.1) is 11.3 Å². The number of methoxy groups -OCH3 is 1. The minimum absolute atomic E-state index is 0.280. The number of carbonyl (C=O) groups is 1. The van der Waals surface area contributed by atoms with Gasteiger partial charge in [0.1, 0.15) is 0 Å². The van der Waals surface area contributed by atoms with Crippen molar-refractivity contribution in [1.82, 2.24) is 9.29 Å². The Labute approximate surface area is 170 Å². The minimum Gasteiger partial charge on any atom is -0.465 e. The molecule has 0 aliphatic heterocycles. The number of ether oxygens (including phenoxy) is 1. The van der Waals surface area contributed by atoms with E-state index in [4.69, 9.17) is 0 Å². The van der Waals surface area contributed by atoms with Gasteiger partial charge in [0, 0.05) is 19.0 Å². The van der Waals surface area contributed by atoms with Crippen molar-refractivity contribution < 1.29 is 18.3 Å². The summed E-state index contributed by atoms with van der Waals surface area (Å²) in [6, 6.07) is 12.7. The summed E-state index contributed by atoms with van der Waals surface area (Å²) in [7, 11) is 1.33. The van der Waals surface area contributed by atoms with E-state index in [9.17, 15) is 13.6 Å². The van der Waals surface area contributed by atoms with Crippen LogP contribution in [0.2, 0.25) is 0 Å². The monoisotopic (exact) mass is 418 g/mol. The molecule has 148 valence electrons. The van der Waals surface area contributed by atoms with Gasteiger partial charge in [-0.25, -0.2) is 14.0 Å². The fourth-order valence-electron chi connectivity index (χ4n) is 2.77. The third-order valence-corrected chi connectivity index (χ3v) is 6.30. The molecule has 0 amide bonds. The fraction of sp³-hybridized carbons (Fsp3) is 0.300. The Kier molecular flexibility index (Phi) is 6.56. The number of benzene rings is 2. The molecule has 0 fully saturated rings. The summed E-state index contributed by atoms with van der Waals surface area (Å²) in [6.45, 7) is 4.83. The molecule has 2 aromatic carbocycles. The van der Waals surface area contributed by atoms with Crippen LogP contribution in [0.15, 0.2) is 42.5 Å². The molecule has 0 bridgehead atoms. The number of fused-ring (bicyclic) bond motifs is 1. The minimum atomic E-state index is -2.13. The van der Waals surface area contributed by atoms with Crippen LogP contribution in [0.1, 0.15) is 46.3 Å². The predicted molar refractivity (Wildman–Crippen MR) is 112 cm³/mol. The highest BCUT2D eigenvalue weighted by molar-refractivity contribution is 7.76. The zero-order chi connectivity index (χ0) is 20.3. The van der Waals surface area contributed by atoms with Gasteiger partial charge in [0.2, 0.25) is 11.3 Å². The lowest BCUT2D eigenvalue weighted by Gasteiger charge is -2.18. The Morgan fingerprint density at radius 1 is 1.18 bits per heavy atom. The van der Waals surface area contributed by atoms with Gasteiger partial charge in [0.15, 0.2) is 0 Å². The van der Waals surface area contributed by atoms with Crippen molar-refractivity contribution in [2.75, 3.05) is 7.11 Å². The topological polar surface area (TPSA) is 79.7 Å². The van der Waals surface area contributed by atoms with Gasteiger partial charge >= 0.3 is 5.97 Å². The van der Waals surface area contributed by atoms with Crippen LogP contribution in [0.25, 0.3) is 10.2 Å². The van der Waals surface area contributed by atoms with Gasteiger partial charge in [-0.05, 0) is 35.4 Å². The van der Waals surface area contributed by atoms with E-state index in [2.05, 4.69) is 23.6 Å². The predicted octanol–water partition coefficient (Wildman–Crippen LogP) is 4.35. The molecule has 6 nitrogen and oxygen atoms in total. The number of nitrogens with zero attached hydrogens (tertiary/aromatic N) is 2. The van der Waals surface area contributed by atoms with Gasteiger partial charge < -0.3 is 4.74 Å². The number of hydrogen-bond donors (Lipinski definition) is 1. The second-order valence-corrected chi connectivity index (χ2v) is 8.77. The Balaban J connectivity index is 1.76. The number of aromatic nitrogens is 1. The molecular weight excluding hydrogens is 396 g/mol. The number of hydrogen-bond acceptors (Lipinski definition) is 5. The zero-order valence-corrected chi connectivity index (χ0v) is 17.5. The Bertz CT molecular complexity index is 999. The number of esters is 1. The molecule has 3 rings (SSSR count). The summed E-state index contributed by atoms with van der Waals surface area (Å²) >= 11 is -0.473. The third-order valence-electron chi connectivity index (χ3n) is 4.28. The molecule has 1 aromatic heterocycles. The summed E-state index contributed by atoms with van der Waals surface area (Å²) in [5, 5.41) is 1.08. The summed E-state index contributed by atoms with van der Waals surface area (Å²) in [6.07, 6.45) is 0. The average molecular weight is 419 g/mol. The molecule has 0 spiro atoms. The van der Waals surface area contributed by atoms with E-state index < -0.39 is 17.2 Å². The molecule has 28 heavy (non-hydrogen) atoms.